The van der Waals surface area contributed by atoms with E-state index in [1.54, 1.807) is 36.4 Å². The summed E-state index contributed by atoms with van der Waals surface area (Å²) in [5.41, 5.74) is 4.53. The first kappa shape index (κ1) is 16.7. The molecule has 0 aliphatic heterocycles. The number of nitro benzene ring substituents is 1. The molecule has 0 saturated heterocycles. The maximum absolute atomic E-state index is 11.1. The van der Waals surface area contributed by atoms with Crippen molar-refractivity contribution in [3.8, 4) is 11.5 Å². The fourth-order valence-corrected chi connectivity index (χ4v) is 2.72. The van der Waals surface area contributed by atoms with E-state index in [4.69, 9.17) is 4.42 Å². The number of hydrogen-bond donors (Lipinski definition) is 0. The van der Waals surface area contributed by atoms with Crippen LogP contribution in [0.2, 0.25) is 0 Å². The van der Waals surface area contributed by atoms with Crippen LogP contribution < -0.4 is 0 Å². The maximum atomic E-state index is 11.1. The second-order valence-corrected chi connectivity index (χ2v) is 6.11. The van der Waals surface area contributed by atoms with Crippen molar-refractivity contribution in [2.75, 3.05) is 0 Å². The lowest BCUT2D eigenvalue weighted by Crippen LogP contribution is -1.93. The van der Waals surface area contributed by atoms with Crippen LogP contribution in [0.4, 0.5) is 11.4 Å². The number of nitro groups is 1. The van der Waals surface area contributed by atoms with E-state index in [0.717, 1.165) is 5.56 Å². The smallest absolute Gasteiger partial charge is 0.278 e. The SMILES string of the molecule is Cc1ccc(-c2nc3cc(N=Cc4ccccc4[N+](=O)[O-])ccc3o2)cc1. The molecule has 1 aromatic heterocycles. The van der Waals surface area contributed by atoms with E-state index < -0.39 is 4.92 Å². The lowest BCUT2D eigenvalue weighted by atomic mass is 10.1. The minimum Gasteiger partial charge on any atom is -0.436 e. The second-order valence-electron chi connectivity index (χ2n) is 6.11. The lowest BCUT2D eigenvalue weighted by molar-refractivity contribution is -0.385. The Morgan fingerprint density at radius 3 is 2.63 bits per heavy atom. The number of fused-ring (bicyclic) bond motifs is 1. The molecule has 1 heterocycles. The van der Waals surface area contributed by atoms with Crippen LogP contribution in [0.5, 0.6) is 0 Å². The highest BCUT2D eigenvalue weighted by Gasteiger charge is 2.11. The van der Waals surface area contributed by atoms with E-state index in [9.17, 15) is 10.1 Å². The first-order valence-electron chi connectivity index (χ1n) is 8.35. The lowest BCUT2D eigenvalue weighted by Gasteiger charge is -1.96. The average molecular weight is 357 g/mol. The zero-order chi connectivity index (χ0) is 18.8. The summed E-state index contributed by atoms with van der Waals surface area (Å²) in [5, 5.41) is 11.1. The molecule has 0 saturated carbocycles. The van der Waals surface area contributed by atoms with E-state index in [2.05, 4.69) is 9.98 Å². The van der Waals surface area contributed by atoms with Crippen LogP contribution in [0.15, 0.2) is 76.1 Å². The van der Waals surface area contributed by atoms with Gasteiger partial charge in [-0.3, -0.25) is 15.1 Å². The van der Waals surface area contributed by atoms with Crippen LogP contribution in [0.25, 0.3) is 22.6 Å². The summed E-state index contributed by atoms with van der Waals surface area (Å²) >= 11 is 0. The molecule has 0 aliphatic carbocycles. The summed E-state index contributed by atoms with van der Waals surface area (Å²) in [5.74, 6) is 0.546. The number of aryl methyl sites for hydroxylation is 1. The van der Waals surface area contributed by atoms with Crippen LogP contribution in [0.3, 0.4) is 0 Å². The fourth-order valence-electron chi connectivity index (χ4n) is 2.72. The minimum atomic E-state index is -0.421. The van der Waals surface area contributed by atoms with Gasteiger partial charge in [-0.2, -0.15) is 0 Å². The summed E-state index contributed by atoms with van der Waals surface area (Å²) in [7, 11) is 0. The van der Waals surface area contributed by atoms with Gasteiger partial charge >= 0.3 is 0 Å². The standard InChI is InChI=1S/C21H15N3O3/c1-14-6-8-15(9-7-14)21-23-18-12-17(10-11-20(18)27-21)22-13-16-4-2-3-5-19(16)24(25)26/h2-13H,1H3. The molecule has 27 heavy (non-hydrogen) atoms. The molecule has 132 valence electrons. The summed E-state index contributed by atoms with van der Waals surface area (Å²) in [4.78, 5) is 19.5. The zero-order valence-corrected chi connectivity index (χ0v) is 14.5. The monoisotopic (exact) mass is 357 g/mol. The number of rotatable bonds is 4. The van der Waals surface area contributed by atoms with E-state index in [1.165, 1.54) is 17.8 Å². The van der Waals surface area contributed by atoms with Gasteiger partial charge in [-0.15, -0.1) is 0 Å². The molecule has 0 spiro atoms. The van der Waals surface area contributed by atoms with E-state index in [0.29, 0.717) is 28.2 Å². The van der Waals surface area contributed by atoms with Crippen LogP contribution in [0.1, 0.15) is 11.1 Å². The second kappa shape index (κ2) is 6.84. The molecule has 0 bridgehead atoms. The van der Waals surface area contributed by atoms with Gasteiger partial charge in [0, 0.05) is 17.8 Å². The highest BCUT2D eigenvalue weighted by molar-refractivity contribution is 5.88. The highest BCUT2D eigenvalue weighted by Crippen LogP contribution is 2.27. The van der Waals surface area contributed by atoms with Gasteiger partial charge in [-0.1, -0.05) is 29.8 Å². The Morgan fingerprint density at radius 2 is 1.85 bits per heavy atom. The van der Waals surface area contributed by atoms with E-state index in [1.807, 2.05) is 31.2 Å². The van der Waals surface area contributed by atoms with Crippen molar-refractivity contribution in [2.45, 2.75) is 6.92 Å². The first-order chi connectivity index (χ1) is 13.1. The van der Waals surface area contributed by atoms with Gasteiger partial charge in [0.15, 0.2) is 5.58 Å². The van der Waals surface area contributed by atoms with Gasteiger partial charge in [-0.25, -0.2) is 4.98 Å². The Labute approximate surface area is 155 Å². The number of aromatic nitrogens is 1. The molecule has 3 aromatic carbocycles. The number of para-hydroxylation sites is 1. The van der Waals surface area contributed by atoms with Gasteiger partial charge in [-0.05, 0) is 43.3 Å². The Balaban J connectivity index is 1.66. The van der Waals surface area contributed by atoms with Gasteiger partial charge in [0.05, 0.1) is 16.2 Å². The normalized spacial score (nSPS) is 11.3. The van der Waals surface area contributed by atoms with Crippen molar-refractivity contribution in [2.24, 2.45) is 4.99 Å². The van der Waals surface area contributed by atoms with Crippen molar-refractivity contribution in [1.29, 1.82) is 0 Å². The summed E-state index contributed by atoms with van der Waals surface area (Å²) in [6.45, 7) is 2.03. The molecule has 0 radical (unpaired) electrons. The number of oxazole rings is 1. The predicted molar refractivity (Wildman–Crippen MR) is 105 cm³/mol. The molecule has 4 rings (SSSR count). The van der Waals surface area contributed by atoms with Gasteiger partial charge in [0.1, 0.15) is 5.52 Å². The number of hydrogen-bond acceptors (Lipinski definition) is 5. The van der Waals surface area contributed by atoms with Gasteiger partial charge in [0.2, 0.25) is 5.89 Å². The van der Waals surface area contributed by atoms with Crippen molar-refractivity contribution >= 4 is 28.7 Å². The quantitative estimate of drug-likeness (QED) is 0.276. The van der Waals surface area contributed by atoms with Crippen molar-refractivity contribution in [1.82, 2.24) is 4.98 Å². The first-order valence-corrected chi connectivity index (χ1v) is 8.35. The summed E-state index contributed by atoms with van der Waals surface area (Å²) in [6, 6.07) is 19.8. The van der Waals surface area contributed by atoms with Crippen molar-refractivity contribution in [3.63, 3.8) is 0 Å². The number of aliphatic imine (C=N–C) groups is 1. The van der Waals surface area contributed by atoms with Gasteiger partial charge in [0.25, 0.3) is 5.69 Å². The fraction of sp³-hybridized carbons (Fsp3) is 0.0476. The molecule has 0 N–H and O–H groups in total. The van der Waals surface area contributed by atoms with Crippen LogP contribution in [-0.2, 0) is 0 Å². The third-order valence-electron chi connectivity index (χ3n) is 4.16. The van der Waals surface area contributed by atoms with Crippen LogP contribution >= 0.6 is 0 Å². The molecule has 0 unspecified atom stereocenters. The molecular formula is C21H15N3O3. The molecule has 6 heteroatoms. The number of nitrogens with zero attached hydrogens (tertiary/aromatic N) is 3. The highest BCUT2D eigenvalue weighted by atomic mass is 16.6. The molecule has 0 atom stereocenters. The Bertz CT molecular complexity index is 1160. The molecule has 0 amide bonds. The van der Waals surface area contributed by atoms with E-state index >= 15 is 0 Å². The maximum Gasteiger partial charge on any atom is 0.278 e. The number of benzene rings is 3. The zero-order valence-electron chi connectivity index (χ0n) is 14.5. The molecule has 4 aromatic rings. The topological polar surface area (TPSA) is 81.5 Å². The Hall–Kier alpha value is -3.80. The van der Waals surface area contributed by atoms with Crippen LogP contribution in [0, 0.1) is 17.0 Å². The molecular weight excluding hydrogens is 342 g/mol. The predicted octanol–water partition coefficient (Wildman–Crippen LogP) is 5.46. The molecule has 0 fully saturated rings. The summed E-state index contributed by atoms with van der Waals surface area (Å²) in [6.07, 6.45) is 1.49. The molecule has 0 aliphatic rings. The Kier molecular flexibility index (Phi) is 4.22. The van der Waals surface area contributed by atoms with Crippen LogP contribution in [-0.4, -0.2) is 16.1 Å². The largest absolute Gasteiger partial charge is 0.436 e. The average Bonchev–Trinajstić information content (AvgIpc) is 3.10. The third-order valence-corrected chi connectivity index (χ3v) is 4.16. The van der Waals surface area contributed by atoms with Crippen molar-refractivity contribution < 1.29 is 9.34 Å². The summed E-state index contributed by atoms with van der Waals surface area (Å²) < 4.78 is 5.81. The van der Waals surface area contributed by atoms with Gasteiger partial charge < -0.3 is 4.42 Å². The third kappa shape index (κ3) is 3.46. The molecule has 6 nitrogen and oxygen atoms in total. The minimum absolute atomic E-state index is 0.0189. The Morgan fingerprint density at radius 1 is 1.07 bits per heavy atom. The van der Waals surface area contributed by atoms with E-state index in [-0.39, 0.29) is 5.69 Å². The van der Waals surface area contributed by atoms with Crippen molar-refractivity contribution in [3.05, 3.63) is 88.0 Å².